The van der Waals surface area contributed by atoms with E-state index in [0.29, 0.717) is 16.7 Å². The standard InChI is InChI=1S/C11H13N5OS/c1-12-11-15-14-9(18-11)10(17)16(2)7-8-4-3-5-13-6-8/h3-6H,7H2,1-2H3,(H,12,15). The predicted molar refractivity (Wildman–Crippen MR) is 69.5 cm³/mol. The van der Waals surface area contributed by atoms with Gasteiger partial charge in [0.05, 0.1) is 0 Å². The summed E-state index contributed by atoms with van der Waals surface area (Å²) < 4.78 is 0. The minimum absolute atomic E-state index is 0.141. The molecule has 18 heavy (non-hydrogen) atoms. The van der Waals surface area contributed by atoms with E-state index in [9.17, 15) is 4.79 Å². The number of aromatic nitrogens is 3. The van der Waals surface area contributed by atoms with Crippen LogP contribution in [0, 0.1) is 0 Å². The van der Waals surface area contributed by atoms with Gasteiger partial charge in [-0.2, -0.15) is 0 Å². The Bertz CT molecular complexity index is 527. The molecule has 0 spiro atoms. The van der Waals surface area contributed by atoms with Crippen LogP contribution in [0.2, 0.25) is 0 Å². The van der Waals surface area contributed by atoms with Crippen molar-refractivity contribution in [2.45, 2.75) is 6.54 Å². The molecule has 2 aromatic heterocycles. The number of pyridine rings is 1. The molecule has 0 aliphatic heterocycles. The van der Waals surface area contributed by atoms with E-state index >= 15 is 0 Å². The molecule has 0 radical (unpaired) electrons. The zero-order valence-corrected chi connectivity index (χ0v) is 10.9. The van der Waals surface area contributed by atoms with E-state index in [4.69, 9.17) is 0 Å². The third kappa shape index (κ3) is 2.80. The number of rotatable bonds is 4. The fraction of sp³-hybridized carbons (Fsp3) is 0.273. The molecule has 0 fully saturated rings. The monoisotopic (exact) mass is 263 g/mol. The zero-order chi connectivity index (χ0) is 13.0. The van der Waals surface area contributed by atoms with Crippen molar-refractivity contribution >= 4 is 22.4 Å². The van der Waals surface area contributed by atoms with Crippen molar-refractivity contribution in [1.82, 2.24) is 20.1 Å². The van der Waals surface area contributed by atoms with E-state index < -0.39 is 0 Å². The highest BCUT2D eigenvalue weighted by Gasteiger charge is 2.17. The number of hydrogen-bond acceptors (Lipinski definition) is 6. The van der Waals surface area contributed by atoms with Gasteiger partial charge in [0.1, 0.15) is 0 Å². The van der Waals surface area contributed by atoms with Gasteiger partial charge >= 0.3 is 0 Å². The van der Waals surface area contributed by atoms with Gasteiger partial charge in [0.15, 0.2) is 0 Å². The lowest BCUT2D eigenvalue weighted by molar-refractivity contribution is 0.0784. The topological polar surface area (TPSA) is 71.0 Å². The van der Waals surface area contributed by atoms with Crippen molar-refractivity contribution in [3.63, 3.8) is 0 Å². The van der Waals surface area contributed by atoms with Gasteiger partial charge in [-0.25, -0.2) is 0 Å². The minimum Gasteiger partial charge on any atom is -0.363 e. The molecule has 0 atom stereocenters. The molecule has 2 heterocycles. The summed E-state index contributed by atoms with van der Waals surface area (Å²) in [5.74, 6) is -0.141. The van der Waals surface area contributed by atoms with E-state index in [-0.39, 0.29) is 5.91 Å². The molecule has 0 saturated carbocycles. The van der Waals surface area contributed by atoms with Gasteiger partial charge in [0, 0.05) is 33.0 Å². The summed E-state index contributed by atoms with van der Waals surface area (Å²) in [6.45, 7) is 0.501. The maximum atomic E-state index is 12.1. The molecule has 6 nitrogen and oxygen atoms in total. The third-order valence-corrected chi connectivity index (χ3v) is 3.24. The molecule has 7 heteroatoms. The second-order valence-corrected chi connectivity index (χ2v) is 4.66. The van der Waals surface area contributed by atoms with E-state index in [1.165, 1.54) is 11.3 Å². The Morgan fingerprint density at radius 1 is 1.50 bits per heavy atom. The molecule has 2 rings (SSSR count). The van der Waals surface area contributed by atoms with Gasteiger partial charge in [-0.05, 0) is 11.6 Å². The number of anilines is 1. The number of carbonyl (C=O) groups excluding carboxylic acids is 1. The summed E-state index contributed by atoms with van der Waals surface area (Å²) in [5, 5.41) is 11.6. The fourth-order valence-electron chi connectivity index (χ4n) is 1.41. The SMILES string of the molecule is CNc1nnc(C(=O)N(C)Cc2cccnc2)s1. The second kappa shape index (κ2) is 5.54. The van der Waals surface area contributed by atoms with Crippen molar-refractivity contribution in [2.75, 3.05) is 19.4 Å². The lowest BCUT2D eigenvalue weighted by atomic mass is 10.3. The Kier molecular flexibility index (Phi) is 3.83. The van der Waals surface area contributed by atoms with Crippen LogP contribution in [0.25, 0.3) is 0 Å². The number of carbonyl (C=O) groups is 1. The van der Waals surface area contributed by atoms with Crippen LogP contribution >= 0.6 is 11.3 Å². The fourth-order valence-corrected chi connectivity index (χ4v) is 2.10. The Hall–Kier alpha value is -2.02. The number of nitrogens with zero attached hydrogens (tertiary/aromatic N) is 4. The molecule has 0 bridgehead atoms. The Morgan fingerprint density at radius 2 is 2.33 bits per heavy atom. The maximum absolute atomic E-state index is 12.1. The molecular weight excluding hydrogens is 250 g/mol. The average molecular weight is 263 g/mol. The quantitative estimate of drug-likeness (QED) is 0.898. The lowest BCUT2D eigenvalue weighted by Crippen LogP contribution is -2.26. The highest BCUT2D eigenvalue weighted by Crippen LogP contribution is 2.16. The van der Waals surface area contributed by atoms with Crippen molar-refractivity contribution in [1.29, 1.82) is 0 Å². The third-order valence-electron chi connectivity index (χ3n) is 2.31. The molecule has 1 amide bonds. The minimum atomic E-state index is -0.141. The van der Waals surface area contributed by atoms with E-state index in [1.54, 1.807) is 31.4 Å². The van der Waals surface area contributed by atoms with Gasteiger partial charge in [0.25, 0.3) is 5.91 Å². The molecule has 94 valence electrons. The van der Waals surface area contributed by atoms with E-state index in [0.717, 1.165) is 5.56 Å². The number of amides is 1. The summed E-state index contributed by atoms with van der Waals surface area (Å²) in [7, 11) is 3.48. The Morgan fingerprint density at radius 3 is 2.94 bits per heavy atom. The number of hydrogen-bond donors (Lipinski definition) is 1. The Balaban J connectivity index is 2.05. The average Bonchev–Trinajstić information content (AvgIpc) is 2.87. The van der Waals surface area contributed by atoms with Gasteiger partial charge in [-0.15, -0.1) is 10.2 Å². The molecule has 0 unspecified atom stereocenters. The van der Waals surface area contributed by atoms with Crippen molar-refractivity contribution in [3.8, 4) is 0 Å². The second-order valence-electron chi connectivity index (χ2n) is 3.68. The highest BCUT2D eigenvalue weighted by molar-refractivity contribution is 7.17. The summed E-state index contributed by atoms with van der Waals surface area (Å²) in [6.07, 6.45) is 3.44. The van der Waals surface area contributed by atoms with Crippen LogP contribution in [0.15, 0.2) is 24.5 Å². The predicted octanol–water partition coefficient (Wildman–Crippen LogP) is 1.25. The first-order chi connectivity index (χ1) is 8.70. The first-order valence-corrected chi connectivity index (χ1v) is 6.18. The first-order valence-electron chi connectivity index (χ1n) is 5.36. The van der Waals surface area contributed by atoms with Crippen molar-refractivity contribution < 1.29 is 4.79 Å². The van der Waals surface area contributed by atoms with Crippen LogP contribution in [0.4, 0.5) is 5.13 Å². The van der Waals surface area contributed by atoms with Crippen LogP contribution in [0.3, 0.4) is 0 Å². The molecular formula is C11H13N5OS. The molecule has 1 N–H and O–H groups in total. The molecule has 0 aliphatic carbocycles. The van der Waals surface area contributed by atoms with E-state index in [2.05, 4.69) is 20.5 Å². The molecule has 2 aromatic rings. The van der Waals surface area contributed by atoms with E-state index in [1.807, 2.05) is 12.1 Å². The van der Waals surface area contributed by atoms with Crippen LogP contribution in [0.5, 0.6) is 0 Å². The zero-order valence-electron chi connectivity index (χ0n) is 10.1. The summed E-state index contributed by atoms with van der Waals surface area (Å²) in [6, 6.07) is 3.77. The summed E-state index contributed by atoms with van der Waals surface area (Å²) in [5.41, 5.74) is 0.978. The van der Waals surface area contributed by atoms with Crippen LogP contribution in [0.1, 0.15) is 15.4 Å². The van der Waals surface area contributed by atoms with Gasteiger partial charge in [-0.3, -0.25) is 9.78 Å². The normalized spacial score (nSPS) is 10.1. The number of nitrogens with one attached hydrogen (secondary N) is 1. The molecule has 0 aromatic carbocycles. The van der Waals surface area contributed by atoms with Gasteiger partial charge in [0.2, 0.25) is 10.1 Å². The highest BCUT2D eigenvalue weighted by atomic mass is 32.1. The summed E-state index contributed by atoms with van der Waals surface area (Å²) in [4.78, 5) is 17.7. The summed E-state index contributed by atoms with van der Waals surface area (Å²) >= 11 is 1.24. The Labute approximate surface area is 109 Å². The first kappa shape index (κ1) is 12.4. The van der Waals surface area contributed by atoms with Gasteiger partial charge < -0.3 is 10.2 Å². The van der Waals surface area contributed by atoms with Crippen molar-refractivity contribution in [2.24, 2.45) is 0 Å². The lowest BCUT2D eigenvalue weighted by Gasteiger charge is -2.14. The largest absolute Gasteiger partial charge is 0.363 e. The van der Waals surface area contributed by atoms with Crippen molar-refractivity contribution in [3.05, 3.63) is 35.1 Å². The van der Waals surface area contributed by atoms with Crippen LogP contribution < -0.4 is 5.32 Å². The molecule has 0 aliphatic rings. The van der Waals surface area contributed by atoms with Gasteiger partial charge in [-0.1, -0.05) is 17.4 Å². The van der Waals surface area contributed by atoms with Crippen LogP contribution in [-0.2, 0) is 6.54 Å². The van der Waals surface area contributed by atoms with Crippen LogP contribution in [-0.4, -0.2) is 40.1 Å². The molecule has 0 saturated heterocycles. The maximum Gasteiger partial charge on any atom is 0.284 e. The smallest absolute Gasteiger partial charge is 0.284 e.